The van der Waals surface area contributed by atoms with Gasteiger partial charge in [0, 0.05) is 36.7 Å². The molecule has 21 heavy (non-hydrogen) atoms. The zero-order valence-corrected chi connectivity index (χ0v) is 13.9. The summed E-state index contributed by atoms with van der Waals surface area (Å²) in [5.74, 6) is 1.99. The first-order chi connectivity index (χ1) is 9.89. The molecule has 0 aliphatic carbocycles. The Hall–Kier alpha value is -0.625. The summed E-state index contributed by atoms with van der Waals surface area (Å²) in [7, 11) is -0.388. The first-order valence-electron chi connectivity index (χ1n) is 7.39. The van der Waals surface area contributed by atoms with Crippen LogP contribution in [0.2, 0.25) is 0 Å². The predicted octanol–water partition coefficient (Wildman–Crippen LogP) is 1.15. The monoisotopic (exact) mass is 307 g/mol. The number of rotatable bonds is 2. The van der Waals surface area contributed by atoms with E-state index in [1.807, 2.05) is 51.9 Å². The SMILES string of the molecule is CC1(C)OB(c2cnc(C3CNCCS3)nc2)OC1(C)C. The van der Waals surface area contributed by atoms with Crippen LogP contribution < -0.4 is 10.8 Å². The lowest BCUT2D eigenvalue weighted by atomic mass is 9.81. The number of aromatic nitrogens is 2. The van der Waals surface area contributed by atoms with E-state index in [-0.39, 0.29) is 18.3 Å². The summed E-state index contributed by atoms with van der Waals surface area (Å²) in [6.45, 7) is 10.2. The molecule has 2 fully saturated rings. The van der Waals surface area contributed by atoms with Crippen LogP contribution in [-0.4, -0.2) is 47.1 Å². The Morgan fingerprint density at radius 1 is 1.19 bits per heavy atom. The third-order valence-electron chi connectivity index (χ3n) is 4.43. The smallest absolute Gasteiger partial charge is 0.399 e. The third kappa shape index (κ3) is 2.97. The minimum Gasteiger partial charge on any atom is -0.399 e. The normalized spacial score (nSPS) is 27.8. The molecule has 1 unspecified atom stereocenters. The molecule has 0 radical (unpaired) electrons. The van der Waals surface area contributed by atoms with Crippen molar-refractivity contribution >= 4 is 24.3 Å². The van der Waals surface area contributed by atoms with Crippen LogP contribution in [0.1, 0.15) is 38.8 Å². The summed E-state index contributed by atoms with van der Waals surface area (Å²) in [4.78, 5) is 9.02. The molecule has 0 spiro atoms. The molecule has 1 N–H and O–H groups in total. The van der Waals surface area contributed by atoms with Gasteiger partial charge in [-0.3, -0.25) is 0 Å². The fraction of sp³-hybridized carbons (Fsp3) is 0.714. The van der Waals surface area contributed by atoms with Crippen molar-refractivity contribution in [2.45, 2.75) is 44.1 Å². The summed E-state index contributed by atoms with van der Waals surface area (Å²) >= 11 is 1.90. The van der Waals surface area contributed by atoms with Gasteiger partial charge in [0.15, 0.2) is 0 Å². The Morgan fingerprint density at radius 3 is 2.33 bits per heavy atom. The topological polar surface area (TPSA) is 56.3 Å². The number of thioether (sulfide) groups is 1. The number of hydrogen-bond donors (Lipinski definition) is 1. The van der Waals surface area contributed by atoms with Crippen LogP contribution in [0, 0.1) is 0 Å². The van der Waals surface area contributed by atoms with E-state index in [0.29, 0.717) is 5.25 Å². The molecular formula is C14H22BN3O2S. The molecule has 1 aromatic rings. The van der Waals surface area contributed by atoms with Gasteiger partial charge in [0.25, 0.3) is 0 Å². The lowest BCUT2D eigenvalue weighted by Crippen LogP contribution is -2.41. The van der Waals surface area contributed by atoms with E-state index in [9.17, 15) is 0 Å². The number of hydrogen-bond acceptors (Lipinski definition) is 6. The van der Waals surface area contributed by atoms with Crippen molar-refractivity contribution in [1.29, 1.82) is 0 Å². The molecule has 114 valence electrons. The summed E-state index contributed by atoms with van der Waals surface area (Å²) < 4.78 is 12.0. The maximum atomic E-state index is 6.02. The Morgan fingerprint density at radius 2 is 1.81 bits per heavy atom. The molecule has 2 aliphatic rings. The molecule has 2 aliphatic heterocycles. The minimum atomic E-state index is -0.388. The van der Waals surface area contributed by atoms with Gasteiger partial charge in [-0.15, -0.1) is 11.8 Å². The van der Waals surface area contributed by atoms with E-state index in [1.165, 1.54) is 0 Å². The summed E-state index contributed by atoms with van der Waals surface area (Å²) in [6.07, 6.45) is 3.67. The average molecular weight is 307 g/mol. The molecule has 5 nitrogen and oxygen atoms in total. The molecule has 0 saturated carbocycles. The van der Waals surface area contributed by atoms with Crippen molar-refractivity contribution in [3.63, 3.8) is 0 Å². The van der Waals surface area contributed by atoms with Gasteiger partial charge in [0.05, 0.1) is 16.5 Å². The molecule has 3 heterocycles. The van der Waals surface area contributed by atoms with Crippen molar-refractivity contribution in [2.24, 2.45) is 0 Å². The maximum absolute atomic E-state index is 6.02. The highest BCUT2D eigenvalue weighted by Gasteiger charge is 2.51. The molecule has 0 aromatic carbocycles. The van der Waals surface area contributed by atoms with Crippen molar-refractivity contribution in [1.82, 2.24) is 15.3 Å². The highest BCUT2D eigenvalue weighted by Crippen LogP contribution is 2.36. The molecule has 0 amide bonds. The Balaban J connectivity index is 1.73. The summed E-state index contributed by atoms with van der Waals surface area (Å²) in [6, 6.07) is 0. The van der Waals surface area contributed by atoms with Crippen LogP contribution in [0.4, 0.5) is 0 Å². The second-order valence-electron chi connectivity index (χ2n) is 6.53. The van der Waals surface area contributed by atoms with Gasteiger partial charge in [-0.25, -0.2) is 9.97 Å². The largest absolute Gasteiger partial charge is 0.498 e. The predicted molar refractivity (Wildman–Crippen MR) is 85.8 cm³/mol. The van der Waals surface area contributed by atoms with Crippen molar-refractivity contribution in [2.75, 3.05) is 18.8 Å². The van der Waals surface area contributed by atoms with E-state index in [0.717, 1.165) is 30.1 Å². The van der Waals surface area contributed by atoms with Crippen molar-refractivity contribution < 1.29 is 9.31 Å². The second-order valence-corrected chi connectivity index (χ2v) is 7.84. The van der Waals surface area contributed by atoms with Crippen LogP contribution in [0.15, 0.2) is 12.4 Å². The molecule has 7 heteroatoms. The standard InChI is InChI=1S/C14H22BN3O2S/c1-13(2)14(3,4)20-15(19-13)10-7-17-12(18-8-10)11-9-16-5-6-21-11/h7-8,11,16H,5-6,9H2,1-4H3. The quantitative estimate of drug-likeness (QED) is 0.827. The Bertz CT molecular complexity index is 487. The first-order valence-corrected chi connectivity index (χ1v) is 8.44. The van der Waals surface area contributed by atoms with E-state index < -0.39 is 0 Å². The van der Waals surface area contributed by atoms with Gasteiger partial charge in [-0.1, -0.05) is 0 Å². The first kappa shape index (κ1) is 15.3. The van der Waals surface area contributed by atoms with Gasteiger partial charge in [0.2, 0.25) is 0 Å². The minimum absolute atomic E-state index is 0.334. The molecule has 1 atom stereocenters. The van der Waals surface area contributed by atoms with Crippen molar-refractivity contribution in [3.05, 3.63) is 18.2 Å². The lowest BCUT2D eigenvalue weighted by molar-refractivity contribution is 0.00578. The lowest BCUT2D eigenvalue weighted by Gasteiger charge is -2.32. The Kier molecular flexibility index (Phi) is 4.03. The summed E-state index contributed by atoms with van der Waals surface area (Å²) in [5, 5.41) is 3.71. The maximum Gasteiger partial charge on any atom is 0.498 e. The zero-order valence-electron chi connectivity index (χ0n) is 13.0. The van der Waals surface area contributed by atoms with Gasteiger partial charge >= 0.3 is 7.12 Å². The van der Waals surface area contributed by atoms with Crippen LogP contribution >= 0.6 is 11.8 Å². The van der Waals surface area contributed by atoms with Crippen LogP contribution in [0.5, 0.6) is 0 Å². The van der Waals surface area contributed by atoms with Gasteiger partial charge in [0.1, 0.15) is 5.82 Å². The van der Waals surface area contributed by atoms with Crippen LogP contribution in [-0.2, 0) is 9.31 Å². The Labute approximate surface area is 130 Å². The van der Waals surface area contributed by atoms with E-state index in [1.54, 1.807) is 0 Å². The number of nitrogens with zero attached hydrogens (tertiary/aromatic N) is 2. The van der Waals surface area contributed by atoms with Crippen molar-refractivity contribution in [3.8, 4) is 0 Å². The molecular weight excluding hydrogens is 285 g/mol. The highest BCUT2D eigenvalue weighted by atomic mass is 32.2. The van der Waals surface area contributed by atoms with Crippen LogP contribution in [0.25, 0.3) is 0 Å². The van der Waals surface area contributed by atoms with E-state index in [4.69, 9.17) is 9.31 Å². The van der Waals surface area contributed by atoms with E-state index >= 15 is 0 Å². The van der Waals surface area contributed by atoms with Gasteiger partial charge in [-0.05, 0) is 27.7 Å². The fourth-order valence-corrected chi connectivity index (χ4v) is 3.40. The molecule has 3 rings (SSSR count). The molecule has 0 bridgehead atoms. The molecule has 1 aromatic heterocycles. The highest BCUT2D eigenvalue weighted by molar-refractivity contribution is 7.99. The fourth-order valence-electron chi connectivity index (χ4n) is 2.35. The van der Waals surface area contributed by atoms with Gasteiger partial charge in [-0.2, -0.15) is 0 Å². The zero-order chi connectivity index (χ0) is 15.1. The van der Waals surface area contributed by atoms with Gasteiger partial charge < -0.3 is 14.6 Å². The number of nitrogens with one attached hydrogen (secondary N) is 1. The molecule has 2 saturated heterocycles. The van der Waals surface area contributed by atoms with E-state index in [2.05, 4.69) is 15.3 Å². The van der Waals surface area contributed by atoms with Crippen LogP contribution in [0.3, 0.4) is 0 Å². The third-order valence-corrected chi connectivity index (χ3v) is 5.65. The average Bonchev–Trinajstić information content (AvgIpc) is 2.69. The summed E-state index contributed by atoms with van der Waals surface area (Å²) in [5.41, 5.74) is 0.213. The second kappa shape index (κ2) is 5.54.